The number of nitrogen functional groups attached to an aromatic ring is 1. The second kappa shape index (κ2) is 5.05. The number of anilines is 1. The fourth-order valence-electron chi connectivity index (χ4n) is 2.60. The number of aromatic nitrogens is 3. The third-order valence-electron chi connectivity index (χ3n) is 3.68. The maximum atomic E-state index is 6.23. The molecule has 4 heteroatoms. The molecular formula is C17H18N4. The van der Waals surface area contributed by atoms with Crippen molar-refractivity contribution in [1.29, 1.82) is 0 Å². The van der Waals surface area contributed by atoms with Gasteiger partial charge in [0.05, 0.1) is 5.56 Å². The summed E-state index contributed by atoms with van der Waals surface area (Å²) in [6.45, 7) is 4.19. The van der Waals surface area contributed by atoms with E-state index in [1.54, 1.807) is 10.9 Å². The number of benzene rings is 1. The molecule has 0 aliphatic heterocycles. The van der Waals surface area contributed by atoms with Crippen LogP contribution >= 0.6 is 0 Å². The summed E-state index contributed by atoms with van der Waals surface area (Å²) in [7, 11) is 1.86. The Balaban J connectivity index is 2.27. The predicted octanol–water partition coefficient (Wildman–Crippen LogP) is 3.35. The molecule has 106 valence electrons. The fraction of sp³-hybridized carbons (Fsp3) is 0.176. The minimum Gasteiger partial charge on any atom is -0.383 e. The van der Waals surface area contributed by atoms with Gasteiger partial charge < -0.3 is 5.73 Å². The molecule has 2 aromatic heterocycles. The van der Waals surface area contributed by atoms with Gasteiger partial charge in [-0.3, -0.25) is 9.67 Å². The largest absolute Gasteiger partial charge is 0.383 e. The van der Waals surface area contributed by atoms with E-state index in [9.17, 15) is 0 Å². The number of nitrogens with zero attached hydrogens (tertiary/aromatic N) is 3. The Morgan fingerprint density at radius 3 is 2.62 bits per heavy atom. The highest BCUT2D eigenvalue weighted by Gasteiger charge is 2.18. The van der Waals surface area contributed by atoms with Gasteiger partial charge in [0.2, 0.25) is 0 Å². The van der Waals surface area contributed by atoms with Crippen LogP contribution in [0.5, 0.6) is 0 Å². The Bertz CT molecular complexity index is 788. The van der Waals surface area contributed by atoms with Gasteiger partial charge >= 0.3 is 0 Å². The zero-order valence-electron chi connectivity index (χ0n) is 12.5. The molecular weight excluding hydrogens is 260 g/mol. The number of nitrogens with two attached hydrogens (primary N) is 1. The normalized spacial score (nSPS) is 10.8. The lowest BCUT2D eigenvalue weighted by atomic mass is 9.97. The van der Waals surface area contributed by atoms with E-state index in [2.05, 4.69) is 42.1 Å². The molecule has 2 N–H and O–H groups in total. The molecule has 0 aliphatic carbocycles. The molecule has 3 aromatic rings. The molecule has 0 aliphatic rings. The average Bonchev–Trinajstić information content (AvgIpc) is 2.75. The number of hydrogen-bond acceptors (Lipinski definition) is 3. The van der Waals surface area contributed by atoms with Crippen LogP contribution in [0, 0.1) is 13.8 Å². The molecule has 0 amide bonds. The predicted molar refractivity (Wildman–Crippen MR) is 85.8 cm³/mol. The van der Waals surface area contributed by atoms with Crippen LogP contribution in [0.1, 0.15) is 11.1 Å². The Hall–Kier alpha value is -2.62. The zero-order valence-corrected chi connectivity index (χ0v) is 12.5. The SMILES string of the molecule is Cc1ccc(-c2nn(C)c(N)c2-c2cccnc2)c(C)c1. The Morgan fingerprint density at radius 1 is 1.14 bits per heavy atom. The summed E-state index contributed by atoms with van der Waals surface area (Å²) >= 11 is 0. The second-order valence-corrected chi connectivity index (χ2v) is 5.29. The number of hydrogen-bond donors (Lipinski definition) is 1. The lowest BCUT2D eigenvalue weighted by Gasteiger charge is -2.07. The Labute approximate surface area is 124 Å². The van der Waals surface area contributed by atoms with Crippen LogP contribution in [0.4, 0.5) is 5.82 Å². The fourth-order valence-corrected chi connectivity index (χ4v) is 2.60. The molecule has 3 rings (SSSR count). The third-order valence-corrected chi connectivity index (χ3v) is 3.68. The van der Waals surface area contributed by atoms with E-state index in [4.69, 9.17) is 5.73 Å². The van der Waals surface area contributed by atoms with Crippen molar-refractivity contribution < 1.29 is 0 Å². The van der Waals surface area contributed by atoms with Gasteiger partial charge in [0.25, 0.3) is 0 Å². The molecule has 0 saturated heterocycles. The highest BCUT2D eigenvalue weighted by atomic mass is 15.3. The lowest BCUT2D eigenvalue weighted by molar-refractivity contribution is 0.782. The number of rotatable bonds is 2. The van der Waals surface area contributed by atoms with Crippen molar-refractivity contribution >= 4 is 5.82 Å². The molecule has 0 atom stereocenters. The summed E-state index contributed by atoms with van der Waals surface area (Å²) in [6, 6.07) is 10.3. The van der Waals surface area contributed by atoms with Crippen molar-refractivity contribution in [2.45, 2.75) is 13.8 Å². The first kappa shape index (κ1) is 13.4. The van der Waals surface area contributed by atoms with E-state index >= 15 is 0 Å². The average molecular weight is 278 g/mol. The quantitative estimate of drug-likeness (QED) is 0.782. The van der Waals surface area contributed by atoms with Crippen molar-refractivity contribution in [2.24, 2.45) is 7.05 Å². The van der Waals surface area contributed by atoms with E-state index in [1.807, 2.05) is 25.4 Å². The summed E-state index contributed by atoms with van der Waals surface area (Å²) in [5.74, 6) is 0.651. The van der Waals surface area contributed by atoms with E-state index in [0.717, 1.165) is 22.4 Å². The first-order chi connectivity index (χ1) is 10.1. The van der Waals surface area contributed by atoms with Crippen LogP contribution in [0.15, 0.2) is 42.7 Å². The summed E-state index contributed by atoms with van der Waals surface area (Å²) in [4.78, 5) is 4.19. The highest BCUT2D eigenvalue weighted by Crippen LogP contribution is 2.36. The van der Waals surface area contributed by atoms with Gasteiger partial charge in [-0.05, 0) is 25.5 Å². The van der Waals surface area contributed by atoms with E-state index < -0.39 is 0 Å². The van der Waals surface area contributed by atoms with Crippen LogP contribution in [-0.4, -0.2) is 14.8 Å². The van der Waals surface area contributed by atoms with Crippen LogP contribution in [0.2, 0.25) is 0 Å². The molecule has 0 fully saturated rings. The van der Waals surface area contributed by atoms with Gasteiger partial charge in [-0.25, -0.2) is 0 Å². The van der Waals surface area contributed by atoms with Crippen LogP contribution in [0.3, 0.4) is 0 Å². The number of aryl methyl sites for hydroxylation is 3. The first-order valence-corrected chi connectivity index (χ1v) is 6.88. The zero-order chi connectivity index (χ0) is 15.0. The Morgan fingerprint density at radius 2 is 1.95 bits per heavy atom. The number of pyridine rings is 1. The molecule has 4 nitrogen and oxygen atoms in total. The maximum absolute atomic E-state index is 6.23. The molecule has 21 heavy (non-hydrogen) atoms. The summed E-state index contributed by atoms with van der Waals surface area (Å²) in [6.07, 6.45) is 3.58. The van der Waals surface area contributed by atoms with Crippen molar-refractivity contribution in [3.05, 3.63) is 53.9 Å². The smallest absolute Gasteiger partial charge is 0.129 e. The van der Waals surface area contributed by atoms with Gasteiger partial charge in [0, 0.05) is 30.6 Å². The molecule has 0 spiro atoms. The Kier molecular flexibility index (Phi) is 3.22. The second-order valence-electron chi connectivity index (χ2n) is 5.29. The van der Waals surface area contributed by atoms with Gasteiger partial charge in [0.15, 0.2) is 0 Å². The van der Waals surface area contributed by atoms with Gasteiger partial charge in [-0.15, -0.1) is 0 Å². The summed E-state index contributed by atoms with van der Waals surface area (Å²) < 4.78 is 1.72. The molecule has 0 saturated carbocycles. The van der Waals surface area contributed by atoms with E-state index in [0.29, 0.717) is 5.82 Å². The van der Waals surface area contributed by atoms with E-state index in [-0.39, 0.29) is 0 Å². The van der Waals surface area contributed by atoms with Crippen LogP contribution in [0.25, 0.3) is 22.4 Å². The van der Waals surface area contributed by atoms with Crippen molar-refractivity contribution in [3.63, 3.8) is 0 Å². The molecule has 0 radical (unpaired) electrons. The maximum Gasteiger partial charge on any atom is 0.129 e. The van der Waals surface area contributed by atoms with Crippen molar-refractivity contribution in [3.8, 4) is 22.4 Å². The lowest BCUT2D eigenvalue weighted by Crippen LogP contribution is -1.98. The molecule has 1 aromatic carbocycles. The standard InChI is InChI=1S/C17H18N4/c1-11-6-7-14(12(2)9-11)16-15(17(18)21(3)20-16)13-5-4-8-19-10-13/h4-10H,18H2,1-3H3. The van der Waals surface area contributed by atoms with Gasteiger partial charge in [0.1, 0.15) is 11.5 Å². The van der Waals surface area contributed by atoms with Crippen LogP contribution in [-0.2, 0) is 7.05 Å². The van der Waals surface area contributed by atoms with E-state index in [1.165, 1.54) is 11.1 Å². The molecule has 2 heterocycles. The molecule has 0 unspecified atom stereocenters. The van der Waals surface area contributed by atoms with Crippen LogP contribution < -0.4 is 5.73 Å². The van der Waals surface area contributed by atoms with Gasteiger partial charge in [-0.1, -0.05) is 29.8 Å². The summed E-state index contributed by atoms with van der Waals surface area (Å²) in [5, 5.41) is 4.61. The monoisotopic (exact) mass is 278 g/mol. The van der Waals surface area contributed by atoms with Crippen molar-refractivity contribution in [2.75, 3.05) is 5.73 Å². The topological polar surface area (TPSA) is 56.7 Å². The van der Waals surface area contributed by atoms with Crippen molar-refractivity contribution in [1.82, 2.24) is 14.8 Å². The molecule has 0 bridgehead atoms. The third kappa shape index (κ3) is 2.29. The van der Waals surface area contributed by atoms with Gasteiger partial charge in [-0.2, -0.15) is 5.10 Å². The highest BCUT2D eigenvalue weighted by molar-refractivity contribution is 5.88. The summed E-state index contributed by atoms with van der Waals surface area (Å²) in [5.41, 5.74) is 12.6. The first-order valence-electron chi connectivity index (χ1n) is 6.88. The minimum atomic E-state index is 0.651. The minimum absolute atomic E-state index is 0.651.